The Hall–Kier alpha value is -1.32. The van der Waals surface area contributed by atoms with Gasteiger partial charge in [0.25, 0.3) is 0 Å². The average Bonchev–Trinajstić information content (AvgIpc) is 2.85. The van der Waals surface area contributed by atoms with Crippen molar-refractivity contribution >= 4 is 10.9 Å². The summed E-state index contributed by atoms with van der Waals surface area (Å²) in [5.74, 6) is 0.390. The summed E-state index contributed by atoms with van der Waals surface area (Å²) in [5, 5.41) is 11.1. The Bertz CT molecular complexity index is 604. The second-order valence-corrected chi connectivity index (χ2v) is 5.88. The highest BCUT2D eigenvalue weighted by molar-refractivity contribution is 5.85. The fourth-order valence-electron chi connectivity index (χ4n) is 4.01. The summed E-state index contributed by atoms with van der Waals surface area (Å²) < 4.78 is 0. The molecule has 0 aliphatic carbocycles. The van der Waals surface area contributed by atoms with Crippen molar-refractivity contribution in [1.29, 1.82) is 0 Å². The van der Waals surface area contributed by atoms with Gasteiger partial charge in [0.1, 0.15) is 0 Å². The first-order chi connectivity index (χ1) is 9.38. The normalized spacial score (nSPS) is 27.2. The third-order valence-corrected chi connectivity index (χ3v) is 4.89. The van der Waals surface area contributed by atoms with E-state index in [0.29, 0.717) is 18.6 Å². The molecule has 19 heavy (non-hydrogen) atoms. The van der Waals surface area contributed by atoms with E-state index in [0.717, 1.165) is 19.4 Å². The van der Waals surface area contributed by atoms with Crippen molar-refractivity contribution in [3.05, 3.63) is 35.5 Å². The van der Waals surface area contributed by atoms with Gasteiger partial charge < -0.3 is 10.1 Å². The van der Waals surface area contributed by atoms with Crippen LogP contribution >= 0.6 is 0 Å². The molecule has 0 saturated carbocycles. The molecule has 3 heterocycles. The van der Waals surface area contributed by atoms with E-state index < -0.39 is 0 Å². The van der Waals surface area contributed by atoms with E-state index in [9.17, 15) is 5.11 Å². The second kappa shape index (κ2) is 4.36. The summed E-state index contributed by atoms with van der Waals surface area (Å²) in [6.45, 7) is 2.61. The number of para-hydroxylation sites is 1. The Morgan fingerprint density at radius 2 is 2.16 bits per heavy atom. The smallest absolute Gasteiger partial charge is 0.0551 e. The highest BCUT2D eigenvalue weighted by Crippen LogP contribution is 2.42. The van der Waals surface area contributed by atoms with Crippen LogP contribution < -0.4 is 0 Å². The predicted molar refractivity (Wildman–Crippen MR) is 76.1 cm³/mol. The lowest BCUT2D eigenvalue weighted by Gasteiger charge is -2.43. The van der Waals surface area contributed by atoms with E-state index in [1.807, 2.05) is 0 Å². The Kier molecular flexibility index (Phi) is 2.64. The molecule has 1 aromatic heterocycles. The van der Waals surface area contributed by atoms with Crippen molar-refractivity contribution in [2.75, 3.05) is 19.7 Å². The number of piperidine rings is 1. The zero-order valence-corrected chi connectivity index (χ0v) is 11.1. The van der Waals surface area contributed by atoms with Crippen molar-refractivity contribution in [3.63, 3.8) is 0 Å². The number of aromatic amines is 1. The first-order valence-corrected chi connectivity index (χ1v) is 7.33. The number of aromatic nitrogens is 1. The molecule has 1 fully saturated rings. The molecule has 0 spiro atoms. The van der Waals surface area contributed by atoms with E-state index in [4.69, 9.17) is 0 Å². The summed E-state index contributed by atoms with van der Waals surface area (Å²) in [7, 11) is 0. The minimum absolute atomic E-state index is 0.302. The van der Waals surface area contributed by atoms with Crippen LogP contribution in [0.3, 0.4) is 0 Å². The van der Waals surface area contributed by atoms with Crippen LogP contribution in [0.5, 0.6) is 0 Å². The number of fused-ring (bicyclic) bond motifs is 5. The van der Waals surface area contributed by atoms with E-state index in [-0.39, 0.29) is 0 Å². The maximum absolute atomic E-state index is 9.69. The SMILES string of the molecule is OC[C@@H]1CCCN2CCc3c([nH]c4ccccc34)C12. The average molecular weight is 256 g/mol. The Morgan fingerprint density at radius 3 is 3.05 bits per heavy atom. The molecule has 100 valence electrons. The van der Waals surface area contributed by atoms with Crippen LogP contribution in [0, 0.1) is 5.92 Å². The molecule has 1 unspecified atom stereocenters. The van der Waals surface area contributed by atoms with Crippen LogP contribution in [0.25, 0.3) is 10.9 Å². The maximum Gasteiger partial charge on any atom is 0.0551 e. The number of nitrogens with zero attached hydrogens (tertiary/aromatic N) is 1. The van der Waals surface area contributed by atoms with Gasteiger partial charge in [-0.05, 0) is 37.4 Å². The zero-order chi connectivity index (χ0) is 12.8. The molecule has 0 bridgehead atoms. The number of hydrogen-bond donors (Lipinski definition) is 2. The van der Waals surface area contributed by atoms with E-state index in [1.54, 1.807) is 0 Å². The van der Waals surface area contributed by atoms with Gasteiger partial charge in [0.05, 0.1) is 6.04 Å². The lowest BCUT2D eigenvalue weighted by molar-refractivity contribution is 0.0465. The highest BCUT2D eigenvalue weighted by atomic mass is 16.3. The van der Waals surface area contributed by atoms with Crippen molar-refractivity contribution in [3.8, 4) is 0 Å². The van der Waals surface area contributed by atoms with Gasteiger partial charge in [-0.2, -0.15) is 0 Å². The summed E-state index contributed by atoms with van der Waals surface area (Å²) in [6, 6.07) is 8.99. The lowest BCUT2D eigenvalue weighted by Crippen LogP contribution is -2.44. The van der Waals surface area contributed by atoms with Crippen LogP contribution in [0.15, 0.2) is 24.3 Å². The van der Waals surface area contributed by atoms with E-state index >= 15 is 0 Å². The van der Waals surface area contributed by atoms with Crippen molar-refractivity contribution < 1.29 is 5.11 Å². The first kappa shape index (κ1) is 11.5. The third-order valence-electron chi connectivity index (χ3n) is 4.89. The Morgan fingerprint density at radius 1 is 1.26 bits per heavy atom. The molecule has 2 atom stereocenters. The minimum atomic E-state index is 0.302. The zero-order valence-electron chi connectivity index (χ0n) is 11.1. The maximum atomic E-state index is 9.69. The van der Waals surface area contributed by atoms with Gasteiger partial charge in [0, 0.05) is 35.7 Å². The largest absolute Gasteiger partial charge is 0.396 e. The monoisotopic (exact) mass is 256 g/mol. The van der Waals surface area contributed by atoms with Gasteiger partial charge in [0.15, 0.2) is 0 Å². The van der Waals surface area contributed by atoms with Crippen LogP contribution in [-0.4, -0.2) is 34.7 Å². The second-order valence-electron chi connectivity index (χ2n) is 5.88. The summed E-state index contributed by atoms with van der Waals surface area (Å²) in [5.41, 5.74) is 4.10. The molecular weight excluding hydrogens is 236 g/mol. The van der Waals surface area contributed by atoms with Crippen LogP contribution in [0.2, 0.25) is 0 Å². The molecule has 2 N–H and O–H groups in total. The van der Waals surface area contributed by atoms with Crippen LogP contribution in [0.1, 0.15) is 30.1 Å². The number of nitrogens with one attached hydrogen (secondary N) is 1. The number of aliphatic hydroxyl groups excluding tert-OH is 1. The number of hydrogen-bond acceptors (Lipinski definition) is 2. The molecule has 3 nitrogen and oxygen atoms in total. The topological polar surface area (TPSA) is 39.3 Å². The fraction of sp³-hybridized carbons (Fsp3) is 0.500. The molecule has 2 aliphatic rings. The molecule has 2 aromatic rings. The molecule has 0 amide bonds. The molecule has 2 aliphatic heterocycles. The quantitative estimate of drug-likeness (QED) is 0.822. The third kappa shape index (κ3) is 1.65. The van der Waals surface area contributed by atoms with E-state index in [1.165, 1.54) is 35.1 Å². The number of rotatable bonds is 1. The predicted octanol–water partition coefficient (Wildman–Crippen LogP) is 2.47. The van der Waals surface area contributed by atoms with Crippen molar-refractivity contribution in [2.45, 2.75) is 25.3 Å². The lowest BCUT2D eigenvalue weighted by atomic mass is 9.83. The van der Waals surface area contributed by atoms with E-state index in [2.05, 4.69) is 34.1 Å². The number of aliphatic hydroxyl groups is 1. The Labute approximate surface area is 113 Å². The molecular formula is C16H20N2O. The first-order valence-electron chi connectivity index (χ1n) is 7.33. The van der Waals surface area contributed by atoms with Gasteiger partial charge in [-0.1, -0.05) is 18.2 Å². The van der Waals surface area contributed by atoms with Gasteiger partial charge in [-0.15, -0.1) is 0 Å². The Balaban J connectivity index is 1.87. The van der Waals surface area contributed by atoms with Gasteiger partial charge in [-0.25, -0.2) is 0 Å². The molecule has 3 heteroatoms. The summed E-state index contributed by atoms with van der Waals surface area (Å²) >= 11 is 0. The standard InChI is InChI=1S/C16H20N2O/c19-10-11-4-3-8-18-9-7-13-12-5-1-2-6-14(12)17-15(13)16(11)18/h1-2,5-6,11,16-17,19H,3-4,7-10H2/t11-,16?/m0/s1. The molecule has 1 aromatic carbocycles. The summed E-state index contributed by atoms with van der Waals surface area (Å²) in [6.07, 6.45) is 3.50. The van der Waals surface area contributed by atoms with Crippen molar-refractivity contribution in [1.82, 2.24) is 9.88 Å². The minimum Gasteiger partial charge on any atom is -0.396 e. The number of H-pyrrole nitrogens is 1. The van der Waals surface area contributed by atoms with Gasteiger partial charge in [0.2, 0.25) is 0 Å². The number of benzene rings is 1. The fourth-order valence-corrected chi connectivity index (χ4v) is 4.01. The van der Waals surface area contributed by atoms with Crippen LogP contribution in [-0.2, 0) is 6.42 Å². The molecule has 0 radical (unpaired) electrons. The summed E-state index contributed by atoms with van der Waals surface area (Å²) in [4.78, 5) is 6.18. The van der Waals surface area contributed by atoms with Crippen LogP contribution in [0.4, 0.5) is 0 Å². The van der Waals surface area contributed by atoms with Gasteiger partial charge >= 0.3 is 0 Å². The molecule has 4 rings (SSSR count). The van der Waals surface area contributed by atoms with Gasteiger partial charge in [-0.3, -0.25) is 4.90 Å². The highest BCUT2D eigenvalue weighted by Gasteiger charge is 2.37. The van der Waals surface area contributed by atoms with Crippen molar-refractivity contribution in [2.24, 2.45) is 5.92 Å². The molecule has 1 saturated heterocycles.